The first-order valence-corrected chi connectivity index (χ1v) is 9.61. The van der Waals surface area contributed by atoms with Crippen LogP contribution >= 0.6 is 35.0 Å². The highest BCUT2D eigenvalue weighted by Gasteiger charge is 2.12. The highest BCUT2D eigenvalue weighted by Crippen LogP contribution is 2.29. The van der Waals surface area contributed by atoms with E-state index in [-0.39, 0.29) is 11.7 Å². The van der Waals surface area contributed by atoms with E-state index < -0.39 is 0 Å². The third kappa shape index (κ3) is 5.38. The number of hydrogen-bond acceptors (Lipinski definition) is 6. The molecular formula is C18H15Cl2N3O3S. The lowest BCUT2D eigenvalue weighted by Crippen LogP contribution is -2.14. The van der Waals surface area contributed by atoms with Gasteiger partial charge in [-0.1, -0.05) is 53.2 Å². The van der Waals surface area contributed by atoms with Crippen molar-refractivity contribution in [1.29, 1.82) is 0 Å². The molecule has 0 bridgehead atoms. The number of benzene rings is 2. The molecule has 9 heteroatoms. The summed E-state index contributed by atoms with van der Waals surface area (Å²) in [6, 6.07) is 12.6. The molecule has 1 N–H and O–H groups in total. The van der Waals surface area contributed by atoms with Gasteiger partial charge in [-0.3, -0.25) is 4.79 Å². The van der Waals surface area contributed by atoms with E-state index in [4.69, 9.17) is 32.4 Å². The van der Waals surface area contributed by atoms with Crippen molar-refractivity contribution in [2.75, 3.05) is 18.2 Å². The molecule has 0 aliphatic heterocycles. The fraction of sp³-hybridized carbons (Fsp3) is 0.167. The predicted octanol–water partition coefficient (Wildman–Crippen LogP) is 4.71. The molecule has 0 aliphatic rings. The summed E-state index contributed by atoms with van der Waals surface area (Å²) in [6.45, 7) is 0. The smallest absolute Gasteiger partial charge is 0.277 e. The zero-order valence-electron chi connectivity index (χ0n) is 14.2. The number of halogens is 2. The van der Waals surface area contributed by atoms with E-state index in [0.29, 0.717) is 33.3 Å². The van der Waals surface area contributed by atoms with Gasteiger partial charge in [0.25, 0.3) is 5.22 Å². The van der Waals surface area contributed by atoms with E-state index >= 15 is 0 Å². The van der Waals surface area contributed by atoms with Gasteiger partial charge in [-0.2, -0.15) is 0 Å². The molecule has 0 fully saturated rings. The van der Waals surface area contributed by atoms with Crippen molar-refractivity contribution >= 4 is 46.6 Å². The maximum atomic E-state index is 12.1. The summed E-state index contributed by atoms with van der Waals surface area (Å²) >= 11 is 13.1. The van der Waals surface area contributed by atoms with Gasteiger partial charge in [-0.15, -0.1) is 10.2 Å². The van der Waals surface area contributed by atoms with Crippen molar-refractivity contribution in [2.24, 2.45) is 0 Å². The lowest BCUT2D eigenvalue weighted by Gasteiger charge is -2.07. The summed E-state index contributed by atoms with van der Waals surface area (Å²) in [4.78, 5) is 12.1. The molecule has 140 valence electrons. The number of carbonyl (C=O) groups is 1. The Morgan fingerprint density at radius 2 is 1.96 bits per heavy atom. The predicted molar refractivity (Wildman–Crippen MR) is 106 cm³/mol. The van der Waals surface area contributed by atoms with Crippen molar-refractivity contribution in [2.45, 2.75) is 11.6 Å². The Hall–Kier alpha value is -2.22. The van der Waals surface area contributed by atoms with Crippen LogP contribution in [0.2, 0.25) is 10.0 Å². The third-order valence-corrected chi connectivity index (χ3v) is 5.15. The first-order chi connectivity index (χ1) is 13.0. The molecule has 3 aromatic rings. The number of nitrogens with zero attached hydrogens (tertiary/aromatic N) is 2. The Bertz CT molecular complexity index is 932. The summed E-state index contributed by atoms with van der Waals surface area (Å²) in [7, 11) is 1.62. The first-order valence-electron chi connectivity index (χ1n) is 7.87. The number of aromatic nitrogens is 2. The number of rotatable bonds is 7. The summed E-state index contributed by atoms with van der Waals surface area (Å²) < 4.78 is 10.7. The van der Waals surface area contributed by atoms with Crippen molar-refractivity contribution < 1.29 is 13.9 Å². The maximum Gasteiger partial charge on any atom is 0.277 e. The number of nitrogens with one attached hydrogen (secondary N) is 1. The van der Waals surface area contributed by atoms with Gasteiger partial charge in [0.2, 0.25) is 11.8 Å². The quantitative estimate of drug-likeness (QED) is 0.554. The lowest BCUT2D eigenvalue weighted by atomic mass is 10.1. The van der Waals surface area contributed by atoms with Crippen molar-refractivity contribution in [3.63, 3.8) is 0 Å². The minimum atomic E-state index is -0.251. The number of ether oxygens (including phenoxy) is 1. The standard InChI is InChI=1S/C18H15Cl2N3O3S/c1-25-12-7-5-11(6-8-12)9-16-22-23-18(26-16)27-10-15(24)21-14-4-2-3-13(19)17(14)20/h2-8H,9-10H2,1H3,(H,21,24). The van der Waals surface area contributed by atoms with Crippen LogP contribution in [-0.2, 0) is 11.2 Å². The monoisotopic (exact) mass is 423 g/mol. The lowest BCUT2D eigenvalue weighted by molar-refractivity contribution is -0.113. The largest absolute Gasteiger partial charge is 0.497 e. The molecule has 0 saturated heterocycles. The van der Waals surface area contributed by atoms with Crippen LogP contribution in [0.15, 0.2) is 52.1 Å². The van der Waals surface area contributed by atoms with Crippen LogP contribution in [0.5, 0.6) is 5.75 Å². The summed E-state index contributed by atoms with van der Waals surface area (Å²) in [6.07, 6.45) is 0.502. The van der Waals surface area contributed by atoms with Gasteiger partial charge in [0.1, 0.15) is 5.75 Å². The number of anilines is 1. The van der Waals surface area contributed by atoms with Crippen molar-refractivity contribution in [1.82, 2.24) is 10.2 Å². The highest BCUT2D eigenvalue weighted by molar-refractivity contribution is 7.99. The molecule has 0 atom stereocenters. The molecule has 6 nitrogen and oxygen atoms in total. The fourth-order valence-corrected chi connectivity index (χ4v) is 3.13. The van der Waals surface area contributed by atoms with E-state index in [1.807, 2.05) is 24.3 Å². The van der Waals surface area contributed by atoms with Gasteiger partial charge in [-0.25, -0.2) is 0 Å². The van der Waals surface area contributed by atoms with E-state index in [9.17, 15) is 4.79 Å². The SMILES string of the molecule is COc1ccc(Cc2nnc(SCC(=O)Nc3cccc(Cl)c3Cl)o2)cc1. The second-order valence-electron chi connectivity index (χ2n) is 5.42. The highest BCUT2D eigenvalue weighted by atomic mass is 35.5. The molecule has 0 spiro atoms. The summed E-state index contributed by atoms with van der Waals surface area (Å²) in [5.41, 5.74) is 1.48. The molecule has 3 rings (SSSR count). The van der Waals surface area contributed by atoms with Crippen LogP contribution in [0.3, 0.4) is 0 Å². The van der Waals surface area contributed by atoms with Crippen LogP contribution in [0.4, 0.5) is 5.69 Å². The molecule has 0 unspecified atom stereocenters. The van der Waals surface area contributed by atoms with E-state index in [0.717, 1.165) is 23.1 Å². The van der Waals surface area contributed by atoms with Crippen LogP contribution in [0.1, 0.15) is 11.5 Å². The zero-order valence-corrected chi connectivity index (χ0v) is 16.6. The van der Waals surface area contributed by atoms with Gasteiger partial charge in [0, 0.05) is 0 Å². The van der Waals surface area contributed by atoms with E-state index in [1.54, 1.807) is 25.3 Å². The molecule has 27 heavy (non-hydrogen) atoms. The zero-order chi connectivity index (χ0) is 19.2. The number of thioether (sulfide) groups is 1. The number of carbonyl (C=O) groups excluding carboxylic acids is 1. The second kappa shape index (κ2) is 9.12. The Morgan fingerprint density at radius 3 is 2.70 bits per heavy atom. The summed E-state index contributed by atoms with van der Waals surface area (Å²) in [5.74, 6) is 1.11. The molecular weight excluding hydrogens is 409 g/mol. The Morgan fingerprint density at radius 1 is 1.19 bits per heavy atom. The number of amides is 1. The molecule has 2 aromatic carbocycles. The molecule has 0 aliphatic carbocycles. The molecule has 1 heterocycles. The van der Waals surface area contributed by atoms with E-state index in [1.165, 1.54) is 0 Å². The van der Waals surface area contributed by atoms with Gasteiger partial charge in [0.05, 0.1) is 35.0 Å². The fourth-order valence-electron chi connectivity index (χ4n) is 2.20. The second-order valence-corrected chi connectivity index (χ2v) is 7.14. The third-order valence-electron chi connectivity index (χ3n) is 3.52. The van der Waals surface area contributed by atoms with Crippen LogP contribution in [0, 0.1) is 0 Å². The molecule has 1 amide bonds. The van der Waals surface area contributed by atoms with Crippen LogP contribution in [0.25, 0.3) is 0 Å². The molecule has 0 saturated carbocycles. The Labute approximate surface area is 170 Å². The topological polar surface area (TPSA) is 77.2 Å². The number of methoxy groups -OCH3 is 1. The van der Waals surface area contributed by atoms with Crippen molar-refractivity contribution in [3.05, 3.63) is 64.0 Å². The first kappa shape index (κ1) is 19.5. The van der Waals surface area contributed by atoms with Gasteiger partial charge >= 0.3 is 0 Å². The van der Waals surface area contributed by atoms with Crippen LogP contribution < -0.4 is 10.1 Å². The Kier molecular flexibility index (Phi) is 6.60. The Balaban J connectivity index is 1.52. The average Bonchev–Trinajstić information content (AvgIpc) is 3.12. The van der Waals surface area contributed by atoms with Crippen molar-refractivity contribution in [3.8, 4) is 5.75 Å². The van der Waals surface area contributed by atoms with Gasteiger partial charge in [-0.05, 0) is 29.8 Å². The van der Waals surface area contributed by atoms with Gasteiger partial charge in [0.15, 0.2) is 0 Å². The maximum absolute atomic E-state index is 12.1. The minimum Gasteiger partial charge on any atom is -0.497 e. The average molecular weight is 424 g/mol. The van der Waals surface area contributed by atoms with Crippen LogP contribution in [-0.4, -0.2) is 29.0 Å². The number of hydrogen-bond donors (Lipinski definition) is 1. The minimum absolute atomic E-state index is 0.104. The van der Waals surface area contributed by atoms with Gasteiger partial charge < -0.3 is 14.5 Å². The summed E-state index contributed by atoms with van der Waals surface area (Å²) in [5, 5.41) is 11.7. The molecule has 0 radical (unpaired) electrons. The normalized spacial score (nSPS) is 10.6. The van der Waals surface area contributed by atoms with E-state index in [2.05, 4.69) is 15.5 Å². The molecule has 1 aromatic heterocycles.